The van der Waals surface area contributed by atoms with Gasteiger partial charge in [0.1, 0.15) is 5.78 Å². The summed E-state index contributed by atoms with van der Waals surface area (Å²) in [6.07, 6.45) is 2.93. The van der Waals surface area contributed by atoms with E-state index in [0.717, 1.165) is 12.8 Å². The van der Waals surface area contributed by atoms with E-state index in [2.05, 4.69) is 34.6 Å². The number of carbonyl (C=O) groups is 1. The van der Waals surface area contributed by atoms with Crippen molar-refractivity contribution in [1.82, 2.24) is 0 Å². The molecule has 0 amide bonds. The minimum absolute atomic E-state index is 0.246. The molecule has 0 aliphatic heterocycles. The summed E-state index contributed by atoms with van der Waals surface area (Å²) in [5.41, 5.74) is 0.492. The zero-order chi connectivity index (χ0) is 10.3. The van der Waals surface area contributed by atoms with E-state index < -0.39 is 0 Å². The van der Waals surface area contributed by atoms with E-state index in [-0.39, 0.29) is 10.8 Å². The standard InChI is InChI=1S/C12H22O/c1-6-7-9(13)10-11(2,3)8-12(10,4)5/h10H,6-8H2,1-5H3. The molecule has 1 aliphatic carbocycles. The van der Waals surface area contributed by atoms with Gasteiger partial charge in [0.05, 0.1) is 0 Å². The third-order valence-electron chi connectivity index (χ3n) is 3.29. The summed E-state index contributed by atoms with van der Waals surface area (Å²) in [5.74, 6) is 0.767. The zero-order valence-electron chi connectivity index (χ0n) is 9.61. The van der Waals surface area contributed by atoms with Crippen molar-refractivity contribution < 1.29 is 4.79 Å². The summed E-state index contributed by atoms with van der Waals surface area (Å²) in [7, 11) is 0. The lowest BCUT2D eigenvalue weighted by Gasteiger charge is -2.57. The molecule has 1 nitrogen and oxygen atoms in total. The van der Waals surface area contributed by atoms with E-state index in [1.54, 1.807) is 0 Å². The van der Waals surface area contributed by atoms with E-state index in [0.29, 0.717) is 11.7 Å². The minimum Gasteiger partial charge on any atom is -0.299 e. The highest BCUT2D eigenvalue weighted by atomic mass is 16.1. The number of rotatable bonds is 3. The van der Waals surface area contributed by atoms with Crippen molar-refractivity contribution in [3.63, 3.8) is 0 Å². The SMILES string of the molecule is CCCC(=O)C1C(C)(C)CC1(C)C. The number of ketones is 1. The van der Waals surface area contributed by atoms with Crippen LogP contribution in [0.1, 0.15) is 53.9 Å². The highest BCUT2D eigenvalue weighted by Gasteiger charge is 2.55. The van der Waals surface area contributed by atoms with Crippen LogP contribution in [0.3, 0.4) is 0 Å². The molecular weight excluding hydrogens is 160 g/mol. The summed E-state index contributed by atoms with van der Waals surface area (Å²) in [6.45, 7) is 11.0. The van der Waals surface area contributed by atoms with Gasteiger partial charge in [-0.05, 0) is 23.7 Å². The van der Waals surface area contributed by atoms with Gasteiger partial charge in [-0.25, -0.2) is 0 Å². The van der Waals surface area contributed by atoms with Crippen LogP contribution >= 0.6 is 0 Å². The van der Waals surface area contributed by atoms with Crippen LogP contribution in [0.2, 0.25) is 0 Å². The molecule has 0 heterocycles. The summed E-state index contributed by atoms with van der Waals surface area (Å²) >= 11 is 0. The summed E-state index contributed by atoms with van der Waals surface area (Å²) in [6, 6.07) is 0. The Labute approximate surface area is 81.9 Å². The van der Waals surface area contributed by atoms with E-state index >= 15 is 0 Å². The molecule has 0 radical (unpaired) electrons. The first-order chi connectivity index (χ1) is 5.81. The van der Waals surface area contributed by atoms with Crippen LogP contribution < -0.4 is 0 Å². The topological polar surface area (TPSA) is 17.1 Å². The highest BCUT2D eigenvalue weighted by molar-refractivity contribution is 5.83. The van der Waals surface area contributed by atoms with Crippen molar-refractivity contribution in [3.05, 3.63) is 0 Å². The molecule has 0 atom stereocenters. The van der Waals surface area contributed by atoms with Crippen molar-refractivity contribution >= 4 is 5.78 Å². The van der Waals surface area contributed by atoms with Gasteiger partial charge < -0.3 is 0 Å². The maximum absolute atomic E-state index is 11.9. The van der Waals surface area contributed by atoms with Gasteiger partial charge in [0.25, 0.3) is 0 Å². The van der Waals surface area contributed by atoms with Crippen LogP contribution in [0.25, 0.3) is 0 Å². The minimum atomic E-state index is 0.246. The second kappa shape index (κ2) is 3.11. The van der Waals surface area contributed by atoms with E-state index in [4.69, 9.17) is 0 Å². The van der Waals surface area contributed by atoms with Gasteiger partial charge in [0, 0.05) is 12.3 Å². The van der Waals surface area contributed by atoms with Crippen LogP contribution in [0.5, 0.6) is 0 Å². The zero-order valence-corrected chi connectivity index (χ0v) is 9.61. The van der Waals surface area contributed by atoms with Crippen LogP contribution in [-0.2, 0) is 4.79 Å². The fourth-order valence-electron chi connectivity index (χ4n) is 3.57. The van der Waals surface area contributed by atoms with E-state index in [9.17, 15) is 4.79 Å². The first kappa shape index (κ1) is 10.7. The number of hydrogen-bond acceptors (Lipinski definition) is 1. The molecule has 1 rings (SSSR count). The van der Waals surface area contributed by atoms with Gasteiger partial charge >= 0.3 is 0 Å². The lowest BCUT2D eigenvalue weighted by Crippen LogP contribution is -2.54. The van der Waals surface area contributed by atoms with Crippen LogP contribution in [0.15, 0.2) is 0 Å². The number of carbonyl (C=O) groups excluding carboxylic acids is 1. The molecule has 0 N–H and O–H groups in total. The molecule has 1 aliphatic rings. The molecule has 1 saturated carbocycles. The molecule has 0 spiro atoms. The molecule has 76 valence electrons. The van der Waals surface area contributed by atoms with Crippen LogP contribution in [0, 0.1) is 16.7 Å². The molecule has 0 aromatic rings. The normalized spacial score (nSPS) is 25.3. The van der Waals surface area contributed by atoms with Crippen molar-refractivity contribution in [2.75, 3.05) is 0 Å². The van der Waals surface area contributed by atoms with Crippen molar-refractivity contribution in [3.8, 4) is 0 Å². The maximum Gasteiger partial charge on any atom is 0.137 e. The molecule has 0 saturated heterocycles. The summed E-state index contributed by atoms with van der Waals surface area (Å²) in [4.78, 5) is 11.9. The van der Waals surface area contributed by atoms with Gasteiger partial charge in [0.2, 0.25) is 0 Å². The Morgan fingerprint density at radius 2 is 1.69 bits per heavy atom. The lowest BCUT2D eigenvalue weighted by molar-refractivity contribution is -0.149. The van der Waals surface area contributed by atoms with Gasteiger partial charge in [-0.15, -0.1) is 0 Å². The van der Waals surface area contributed by atoms with Gasteiger partial charge in [-0.1, -0.05) is 34.6 Å². The second-order valence-electron chi connectivity index (χ2n) is 5.80. The third kappa shape index (κ3) is 1.79. The fraction of sp³-hybridized carbons (Fsp3) is 0.917. The van der Waals surface area contributed by atoms with E-state index in [1.807, 2.05) is 0 Å². The smallest absolute Gasteiger partial charge is 0.137 e. The quantitative estimate of drug-likeness (QED) is 0.653. The van der Waals surface area contributed by atoms with Crippen molar-refractivity contribution in [1.29, 1.82) is 0 Å². The second-order valence-corrected chi connectivity index (χ2v) is 5.80. The Balaban J connectivity index is 2.71. The highest BCUT2D eigenvalue weighted by Crippen LogP contribution is 2.59. The maximum atomic E-state index is 11.9. The molecule has 13 heavy (non-hydrogen) atoms. The third-order valence-corrected chi connectivity index (χ3v) is 3.29. The average molecular weight is 182 g/mol. The Hall–Kier alpha value is -0.330. The summed E-state index contributed by atoms with van der Waals surface area (Å²) in [5, 5.41) is 0. The van der Waals surface area contributed by atoms with Crippen molar-refractivity contribution in [2.24, 2.45) is 16.7 Å². The lowest BCUT2D eigenvalue weighted by atomic mass is 9.47. The molecule has 0 bridgehead atoms. The first-order valence-electron chi connectivity index (χ1n) is 5.34. The fourth-order valence-corrected chi connectivity index (χ4v) is 3.57. The Morgan fingerprint density at radius 3 is 2.00 bits per heavy atom. The van der Waals surface area contributed by atoms with Gasteiger partial charge in [0.15, 0.2) is 0 Å². The molecule has 1 heteroatoms. The van der Waals surface area contributed by atoms with Gasteiger partial charge in [-0.2, -0.15) is 0 Å². The Kier molecular flexibility index (Phi) is 2.57. The van der Waals surface area contributed by atoms with Crippen molar-refractivity contribution in [2.45, 2.75) is 53.9 Å². The van der Waals surface area contributed by atoms with Crippen LogP contribution in [0.4, 0.5) is 0 Å². The summed E-state index contributed by atoms with van der Waals surface area (Å²) < 4.78 is 0. The van der Waals surface area contributed by atoms with E-state index in [1.165, 1.54) is 6.42 Å². The predicted octanol–water partition coefficient (Wildman–Crippen LogP) is 3.43. The first-order valence-corrected chi connectivity index (χ1v) is 5.34. The molecular formula is C12H22O. The Bertz CT molecular complexity index is 199. The van der Waals surface area contributed by atoms with Gasteiger partial charge in [-0.3, -0.25) is 4.79 Å². The molecule has 0 aromatic heterocycles. The molecule has 0 aromatic carbocycles. The monoisotopic (exact) mass is 182 g/mol. The average Bonchev–Trinajstić information content (AvgIpc) is 1.81. The number of Topliss-reactive ketones (excluding diaryl/α,β-unsaturated/α-hetero) is 1. The Morgan fingerprint density at radius 1 is 1.23 bits per heavy atom. The number of hydrogen-bond donors (Lipinski definition) is 0. The predicted molar refractivity (Wildman–Crippen MR) is 55.6 cm³/mol. The molecule has 0 unspecified atom stereocenters. The van der Waals surface area contributed by atoms with Crippen LogP contribution in [-0.4, -0.2) is 5.78 Å². The molecule has 1 fully saturated rings. The largest absolute Gasteiger partial charge is 0.299 e.